The molecular weight excluding hydrogens is 324 g/mol. The van der Waals surface area contributed by atoms with E-state index in [-0.39, 0.29) is 10.3 Å². The van der Waals surface area contributed by atoms with Crippen molar-refractivity contribution in [3.8, 4) is 0 Å². The minimum atomic E-state index is -0.0504. The predicted octanol–water partition coefficient (Wildman–Crippen LogP) is 5.06. The van der Waals surface area contributed by atoms with Gasteiger partial charge < -0.3 is 5.32 Å². The van der Waals surface area contributed by atoms with Crippen molar-refractivity contribution in [3.63, 3.8) is 0 Å². The standard InChI is InChI=1S/C22H34N2O2/c1-21-12-3-4-19(24(25)26)18(21)8-7-15-16-9-10-20(23-14-5-6-14)22(16,2)13-11-17(15)21/h14-17,20,23H,3-13H2,1-2H3/t15-,16-,17-,20-,21+,22-/m0/s1. The van der Waals surface area contributed by atoms with Crippen LogP contribution in [0.2, 0.25) is 0 Å². The predicted molar refractivity (Wildman–Crippen MR) is 102 cm³/mol. The Hall–Kier alpha value is -0.900. The van der Waals surface area contributed by atoms with E-state index < -0.39 is 0 Å². The first-order chi connectivity index (χ1) is 12.4. The van der Waals surface area contributed by atoms with Crippen LogP contribution in [0.3, 0.4) is 0 Å². The summed E-state index contributed by atoms with van der Waals surface area (Å²) < 4.78 is 0. The van der Waals surface area contributed by atoms with Gasteiger partial charge in [-0.15, -0.1) is 0 Å². The maximum Gasteiger partial charge on any atom is 0.245 e. The number of allylic oxidation sites excluding steroid dienone is 2. The highest BCUT2D eigenvalue weighted by atomic mass is 16.6. The van der Waals surface area contributed by atoms with E-state index in [0.29, 0.717) is 29.5 Å². The van der Waals surface area contributed by atoms with Gasteiger partial charge in [-0.2, -0.15) is 0 Å². The first-order valence-electron chi connectivity index (χ1n) is 11.1. The SMILES string of the molecule is C[C@]12CC[C@H]3[C@@H](CCC4=C([N+](=O)[O-])CCC[C@@]43C)[C@@H]1CC[C@@H]2NC1CC1. The van der Waals surface area contributed by atoms with Gasteiger partial charge in [0.05, 0.1) is 4.92 Å². The van der Waals surface area contributed by atoms with Gasteiger partial charge in [-0.25, -0.2) is 0 Å². The molecule has 4 nitrogen and oxygen atoms in total. The van der Waals surface area contributed by atoms with E-state index in [0.717, 1.165) is 30.7 Å². The van der Waals surface area contributed by atoms with Crippen LogP contribution in [0.5, 0.6) is 0 Å². The molecule has 0 unspecified atom stereocenters. The first kappa shape index (κ1) is 17.2. The smallest absolute Gasteiger partial charge is 0.245 e. The lowest BCUT2D eigenvalue weighted by atomic mass is 9.47. The van der Waals surface area contributed by atoms with Crippen LogP contribution in [0.15, 0.2) is 11.3 Å². The molecule has 0 aromatic heterocycles. The summed E-state index contributed by atoms with van der Waals surface area (Å²) >= 11 is 0. The third kappa shape index (κ3) is 2.36. The van der Waals surface area contributed by atoms with Crippen molar-refractivity contribution in [2.75, 3.05) is 0 Å². The molecule has 4 heteroatoms. The molecule has 0 saturated heterocycles. The Morgan fingerprint density at radius 2 is 1.81 bits per heavy atom. The Kier molecular flexibility index (Phi) is 3.84. The monoisotopic (exact) mass is 358 g/mol. The van der Waals surface area contributed by atoms with Gasteiger partial charge in [0.15, 0.2) is 0 Å². The molecule has 26 heavy (non-hydrogen) atoms. The summed E-state index contributed by atoms with van der Waals surface area (Å²) in [5, 5.41) is 15.6. The largest absolute Gasteiger partial charge is 0.311 e. The Balaban J connectivity index is 1.45. The van der Waals surface area contributed by atoms with Gasteiger partial charge in [0.1, 0.15) is 0 Å². The number of fused-ring (bicyclic) bond motifs is 5. The molecule has 144 valence electrons. The van der Waals surface area contributed by atoms with Gasteiger partial charge in [-0.3, -0.25) is 10.1 Å². The molecule has 5 rings (SSSR count). The third-order valence-corrected chi connectivity index (χ3v) is 9.37. The van der Waals surface area contributed by atoms with Crippen molar-refractivity contribution in [2.45, 2.75) is 96.6 Å². The normalized spacial score (nSPS) is 47.9. The molecule has 5 aliphatic carbocycles. The van der Waals surface area contributed by atoms with Crippen LogP contribution in [0.25, 0.3) is 0 Å². The summed E-state index contributed by atoms with van der Waals surface area (Å²) in [5.74, 6) is 2.30. The van der Waals surface area contributed by atoms with E-state index >= 15 is 0 Å². The molecule has 0 aromatic rings. The lowest BCUT2D eigenvalue weighted by molar-refractivity contribution is -0.431. The average molecular weight is 359 g/mol. The Bertz CT molecular complexity index is 655. The van der Waals surface area contributed by atoms with Crippen molar-refractivity contribution >= 4 is 0 Å². The molecule has 1 N–H and O–H groups in total. The summed E-state index contributed by atoms with van der Waals surface area (Å²) in [5.41, 5.74) is 2.39. The third-order valence-electron chi connectivity index (χ3n) is 9.37. The molecule has 0 spiro atoms. The van der Waals surface area contributed by atoms with Crippen LogP contribution in [0, 0.1) is 38.7 Å². The molecule has 0 aromatic carbocycles. The van der Waals surface area contributed by atoms with E-state index in [1.807, 2.05) is 0 Å². The van der Waals surface area contributed by atoms with Crippen molar-refractivity contribution in [1.82, 2.24) is 5.32 Å². The summed E-state index contributed by atoms with van der Waals surface area (Å²) in [6, 6.07) is 1.51. The van der Waals surface area contributed by atoms with Crippen molar-refractivity contribution in [2.24, 2.45) is 28.6 Å². The maximum atomic E-state index is 11.6. The Morgan fingerprint density at radius 3 is 2.54 bits per heavy atom. The second-order valence-corrected chi connectivity index (χ2v) is 10.5. The molecule has 0 aliphatic heterocycles. The lowest BCUT2D eigenvalue weighted by Gasteiger charge is -2.58. The minimum absolute atomic E-state index is 0.0504. The highest BCUT2D eigenvalue weighted by Gasteiger charge is 2.60. The summed E-state index contributed by atoms with van der Waals surface area (Å²) in [4.78, 5) is 11.6. The van der Waals surface area contributed by atoms with Crippen LogP contribution < -0.4 is 5.32 Å². The number of nitrogens with zero attached hydrogens (tertiary/aromatic N) is 1. The molecular formula is C22H34N2O2. The summed E-state index contributed by atoms with van der Waals surface area (Å²) in [6.45, 7) is 4.96. The molecule has 5 aliphatic rings. The van der Waals surface area contributed by atoms with Crippen LogP contribution >= 0.6 is 0 Å². The quantitative estimate of drug-likeness (QED) is 0.566. The number of nitrogens with one attached hydrogen (secondary N) is 1. The van der Waals surface area contributed by atoms with Crippen LogP contribution in [-0.2, 0) is 0 Å². The minimum Gasteiger partial charge on any atom is -0.311 e. The highest BCUT2D eigenvalue weighted by molar-refractivity contribution is 5.26. The van der Waals surface area contributed by atoms with Crippen LogP contribution in [0.1, 0.15) is 84.5 Å². The van der Waals surface area contributed by atoms with Crippen molar-refractivity contribution < 1.29 is 4.92 Å². The molecule has 0 amide bonds. The van der Waals surface area contributed by atoms with Crippen LogP contribution in [0.4, 0.5) is 0 Å². The fraction of sp³-hybridized carbons (Fsp3) is 0.909. The van der Waals surface area contributed by atoms with E-state index in [1.54, 1.807) is 0 Å². The average Bonchev–Trinajstić information content (AvgIpc) is 3.36. The highest BCUT2D eigenvalue weighted by Crippen LogP contribution is 2.66. The molecule has 0 heterocycles. The van der Waals surface area contributed by atoms with Gasteiger partial charge in [-0.05, 0) is 92.8 Å². The van der Waals surface area contributed by atoms with Crippen molar-refractivity contribution in [3.05, 3.63) is 21.4 Å². The Labute approximate surface area is 157 Å². The fourth-order valence-electron chi connectivity index (χ4n) is 7.90. The maximum absolute atomic E-state index is 11.6. The van der Waals surface area contributed by atoms with E-state index in [9.17, 15) is 10.1 Å². The molecule has 4 fully saturated rings. The lowest BCUT2D eigenvalue weighted by Crippen LogP contribution is -2.53. The second kappa shape index (κ2) is 5.80. The topological polar surface area (TPSA) is 55.2 Å². The van der Waals surface area contributed by atoms with Gasteiger partial charge in [0.25, 0.3) is 0 Å². The summed E-state index contributed by atoms with van der Waals surface area (Å²) in [7, 11) is 0. The molecule has 4 saturated carbocycles. The first-order valence-corrected chi connectivity index (χ1v) is 11.1. The van der Waals surface area contributed by atoms with E-state index in [1.165, 1.54) is 56.9 Å². The van der Waals surface area contributed by atoms with Gasteiger partial charge in [-0.1, -0.05) is 13.8 Å². The molecule has 0 bridgehead atoms. The van der Waals surface area contributed by atoms with E-state index in [2.05, 4.69) is 19.2 Å². The van der Waals surface area contributed by atoms with Gasteiger partial charge >= 0.3 is 0 Å². The zero-order valence-electron chi connectivity index (χ0n) is 16.4. The number of hydrogen-bond acceptors (Lipinski definition) is 3. The number of rotatable bonds is 3. The number of hydrogen-bond donors (Lipinski definition) is 1. The second-order valence-electron chi connectivity index (χ2n) is 10.5. The molecule has 6 atom stereocenters. The zero-order valence-corrected chi connectivity index (χ0v) is 16.4. The fourth-order valence-corrected chi connectivity index (χ4v) is 7.90. The number of nitro groups is 1. The molecule has 0 radical (unpaired) electrons. The summed E-state index contributed by atoms with van der Waals surface area (Å²) in [6.07, 6.45) is 13.1. The van der Waals surface area contributed by atoms with Gasteiger partial charge in [0, 0.05) is 24.1 Å². The van der Waals surface area contributed by atoms with Crippen LogP contribution in [-0.4, -0.2) is 17.0 Å². The van der Waals surface area contributed by atoms with Crippen molar-refractivity contribution in [1.29, 1.82) is 0 Å². The van der Waals surface area contributed by atoms with E-state index in [4.69, 9.17) is 0 Å². The Morgan fingerprint density at radius 1 is 1.00 bits per heavy atom. The zero-order chi connectivity index (χ0) is 18.1. The van der Waals surface area contributed by atoms with Gasteiger partial charge in [0.2, 0.25) is 5.70 Å².